The number of para-hydroxylation sites is 1. The average molecular weight is 404 g/mol. The van der Waals surface area contributed by atoms with Gasteiger partial charge >= 0.3 is 6.18 Å². The maximum atomic E-state index is 12.5. The van der Waals surface area contributed by atoms with Crippen LogP contribution in [-0.2, 0) is 4.79 Å². The molecule has 0 spiro atoms. The smallest absolute Gasteiger partial charge is 0.430 e. The van der Waals surface area contributed by atoms with Crippen molar-refractivity contribution < 1.29 is 33.6 Å². The van der Waals surface area contributed by atoms with Crippen LogP contribution in [-0.4, -0.2) is 41.0 Å². The quantitative estimate of drug-likeness (QED) is 0.611. The van der Waals surface area contributed by atoms with E-state index >= 15 is 0 Å². The van der Waals surface area contributed by atoms with Gasteiger partial charge in [0.1, 0.15) is 11.7 Å². The van der Waals surface area contributed by atoms with Crippen LogP contribution < -0.4 is 16.2 Å². The molecule has 2 heterocycles. The van der Waals surface area contributed by atoms with Gasteiger partial charge in [-0.3, -0.25) is 9.78 Å². The van der Waals surface area contributed by atoms with Crippen molar-refractivity contribution in [3.63, 3.8) is 0 Å². The predicted octanol–water partition coefficient (Wildman–Crippen LogP) is 0.450. The van der Waals surface area contributed by atoms with E-state index < -0.39 is 12.1 Å². The van der Waals surface area contributed by atoms with E-state index in [2.05, 4.69) is 21.0 Å². The van der Waals surface area contributed by atoms with Gasteiger partial charge in [0.2, 0.25) is 5.78 Å². The topological polar surface area (TPSA) is 123 Å². The molecule has 0 saturated heterocycles. The average Bonchev–Trinajstić information content (AvgIpc) is 2.69. The number of rotatable bonds is 3. The SMILES string of the molecule is O=C([O-])C(F)(F)F.[NH3+]CCNC1=CC(=O)c2nc3ccccc3c3ccnc1c23. The maximum absolute atomic E-state index is 12.5. The molecular weight excluding hydrogens is 389 g/mol. The highest BCUT2D eigenvalue weighted by atomic mass is 19.4. The van der Waals surface area contributed by atoms with Gasteiger partial charge in [-0.2, -0.15) is 13.2 Å². The van der Waals surface area contributed by atoms with E-state index in [9.17, 15) is 18.0 Å². The number of ketones is 1. The van der Waals surface area contributed by atoms with Gasteiger partial charge in [0.05, 0.1) is 30.0 Å². The highest BCUT2D eigenvalue weighted by Gasteiger charge is 2.29. The van der Waals surface area contributed by atoms with E-state index in [4.69, 9.17) is 9.90 Å². The Morgan fingerprint density at radius 3 is 2.48 bits per heavy atom. The highest BCUT2D eigenvalue weighted by molar-refractivity contribution is 6.24. The van der Waals surface area contributed by atoms with Crippen molar-refractivity contribution in [1.29, 1.82) is 0 Å². The number of nitrogens with one attached hydrogen (secondary N) is 1. The summed E-state index contributed by atoms with van der Waals surface area (Å²) in [6, 6.07) is 9.81. The summed E-state index contributed by atoms with van der Waals surface area (Å²) in [5.74, 6) is -3.09. The number of hydrogen-bond acceptors (Lipinski definition) is 6. The van der Waals surface area contributed by atoms with Crippen LogP contribution in [0, 0.1) is 0 Å². The van der Waals surface area contributed by atoms with Crippen molar-refractivity contribution in [1.82, 2.24) is 15.3 Å². The molecule has 7 nitrogen and oxygen atoms in total. The molecule has 0 aliphatic heterocycles. The number of benzene rings is 1. The fourth-order valence-corrected chi connectivity index (χ4v) is 2.91. The minimum Gasteiger partial charge on any atom is -0.542 e. The summed E-state index contributed by atoms with van der Waals surface area (Å²) in [5.41, 5.74) is 6.67. The molecule has 1 aliphatic rings. The largest absolute Gasteiger partial charge is 0.542 e. The van der Waals surface area contributed by atoms with Crippen molar-refractivity contribution in [2.45, 2.75) is 6.18 Å². The Balaban J connectivity index is 0.000000298. The van der Waals surface area contributed by atoms with E-state index in [1.165, 1.54) is 0 Å². The number of hydrogen-bond donors (Lipinski definition) is 2. The van der Waals surface area contributed by atoms with Gasteiger partial charge in [0, 0.05) is 23.0 Å². The Hall–Kier alpha value is -3.53. The summed E-state index contributed by atoms with van der Waals surface area (Å²) in [4.78, 5) is 30.3. The Morgan fingerprint density at radius 2 is 1.83 bits per heavy atom. The molecule has 3 aromatic rings. The summed E-state index contributed by atoms with van der Waals surface area (Å²) in [6.45, 7) is 1.44. The van der Waals surface area contributed by atoms with E-state index in [1.807, 2.05) is 30.3 Å². The standard InChI is InChI=1S/C17H14N4O.C2HF3O2/c18-6-8-19-13-9-14(22)17-15-11(5-7-20-16(13)15)10-3-1-2-4-12(10)21-17;3-2(4,5)1(6)7/h1-5,7,9,19H,6,8,18H2;(H,6,7). The first-order chi connectivity index (χ1) is 13.7. The maximum Gasteiger partial charge on any atom is 0.430 e. The number of alkyl halides is 3. The third-order valence-electron chi connectivity index (χ3n) is 4.10. The van der Waals surface area contributed by atoms with Crippen LogP contribution in [0.1, 0.15) is 16.2 Å². The number of quaternary nitrogens is 1. The normalized spacial score (nSPS) is 13.0. The first-order valence-electron chi connectivity index (χ1n) is 8.49. The lowest BCUT2D eigenvalue weighted by molar-refractivity contribution is -0.364. The monoisotopic (exact) mass is 404 g/mol. The number of carboxylic acid groups (broad SMARTS) is 1. The Labute approximate surface area is 162 Å². The van der Waals surface area contributed by atoms with Crippen molar-refractivity contribution >= 4 is 39.1 Å². The molecule has 10 heteroatoms. The van der Waals surface area contributed by atoms with Gasteiger partial charge in [-0.25, -0.2) is 4.98 Å². The number of fused-ring (bicyclic) bond motifs is 2. The Kier molecular flexibility index (Phi) is 5.46. The second-order valence-electron chi connectivity index (χ2n) is 6.05. The lowest BCUT2D eigenvalue weighted by Gasteiger charge is -2.18. The number of pyridine rings is 2. The molecule has 0 atom stereocenters. The van der Waals surface area contributed by atoms with Crippen LogP contribution in [0.25, 0.3) is 27.4 Å². The van der Waals surface area contributed by atoms with E-state index in [0.29, 0.717) is 12.2 Å². The molecule has 4 N–H and O–H groups in total. The van der Waals surface area contributed by atoms with E-state index in [1.54, 1.807) is 12.3 Å². The lowest BCUT2D eigenvalue weighted by atomic mass is 9.95. The molecule has 0 fully saturated rings. The summed E-state index contributed by atoms with van der Waals surface area (Å²) in [6.07, 6.45) is -1.83. The van der Waals surface area contributed by atoms with Gasteiger partial charge in [-0.1, -0.05) is 18.2 Å². The van der Waals surface area contributed by atoms with Crippen LogP contribution in [0.2, 0.25) is 0 Å². The van der Waals surface area contributed by atoms with Gasteiger partial charge in [-0.05, 0) is 17.5 Å². The molecule has 0 radical (unpaired) electrons. The predicted molar refractivity (Wildman–Crippen MR) is 96.2 cm³/mol. The first kappa shape index (κ1) is 20.2. The number of nitrogens with zero attached hydrogens (tertiary/aromatic N) is 2. The van der Waals surface area contributed by atoms with Gasteiger partial charge in [0.15, 0.2) is 0 Å². The van der Waals surface area contributed by atoms with Crippen molar-refractivity contribution in [2.75, 3.05) is 13.1 Å². The van der Waals surface area contributed by atoms with Crippen LogP contribution in [0.4, 0.5) is 13.2 Å². The lowest BCUT2D eigenvalue weighted by Crippen LogP contribution is -2.54. The van der Waals surface area contributed by atoms with Gasteiger partial charge in [0.25, 0.3) is 0 Å². The molecule has 4 rings (SSSR count). The Bertz CT molecular complexity index is 1140. The number of allylic oxidation sites excluding steroid dienone is 1. The molecule has 0 saturated carbocycles. The van der Waals surface area contributed by atoms with E-state index in [0.717, 1.165) is 39.6 Å². The van der Waals surface area contributed by atoms with Crippen LogP contribution in [0.15, 0.2) is 42.6 Å². The fraction of sp³-hybridized carbons (Fsp3) is 0.158. The third kappa shape index (κ3) is 4.02. The molecule has 29 heavy (non-hydrogen) atoms. The molecule has 0 unspecified atom stereocenters. The minimum absolute atomic E-state index is 0.0807. The summed E-state index contributed by atoms with van der Waals surface area (Å²) in [5, 5.41) is 14.9. The second kappa shape index (κ2) is 7.84. The molecular formula is C19H15F3N4O3. The third-order valence-corrected chi connectivity index (χ3v) is 4.10. The van der Waals surface area contributed by atoms with Crippen LogP contribution in [0.5, 0.6) is 0 Å². The molecule has 0 bridgehead atoms. The van der Waals surface area contributed by atoms with Crippen LogP contribution >= 0.6 is 0 Å². The molecule has 1 aromatic carbocycles. The highest BCUT2D eigenvalue weighted by Crippen LogP contribution is 2.33. The number of halogens is 3. The molecule has 0 amide bonds. The zero-order valence-electron chi connectivity index (χ0n) is 14.9. The van der Waals surface area contributed by atoms with Gasteiger partial charge < -0.3 is 21.0 Å². The van der Waals surface area contributed by atoms with Gasteiger partial charge in [-0.15, -0.1) is 0 Å². The number of aromatic nitrogens is 2. The zero-order chi connectivity index (χ0) is 21.2. The molecule has 150 valence electrons. The molecule has 1 aliphatic carbocycles. The Morgan fingerprint density at radius 1 is 1.14 bits per heavy atom. The van der Waals surface area contributed by atoms with Crippen molar-refractivity contribution in [2.24, 2.45) is 0 Å². The number of carboxylic acids is 1. The number of carbonyl (C=O) groups excluding carboxylic acids is 2. The van der Waals surface area contributed by atoms with Crippen molar-refractivity contribution in [3.8, 4) is 0 Å². The summed E-state index contributed by atoms with van der Waals surface area (Å²) < 4.78 is 31.5. The number of aliphatic carboxylic acids is 1. The fourth-order valence-electron chi connectivity index (χ4n) is 2.91. The van der Waals surface area contributed by atoms with Crippen LogP contribution in [0.3, 0.4) is 0 Å². The zero-order valence-corrected chi connectivity index (χ0v) is 14.9. The van der Waals surface area contributed by atoms with E-state index in [-0.39, 0.29) is 5.78 Å². The second-order valence-corrected chi connectivity index (χ2v) is 6.05. The summed E-state index contributed by atoms with van der Waals surface area (Å²) >= 11 is 0. The summed E-state index contributed by atoms with van der Waals surface area (Å²) in [7, 11) is 0. The number of carbonyl (C=O) groups is 2. The molecule has 2 aromatic heterocycles. The van der Waals surface area contributed by atoms with Crippen molar-refractivity contribution in [3.05, 3.63) is 54.0 Å². The first-order valence-corrected chi connectivity index (χ1v) is 8.49. The minimum atomic E-state index is -5.19.